The molecular weight excluding hydrogens is 438 g/mol. The second-order valence-corrected chi connectivity index (χ2v) is 13.4. The second-order valence-electron chi connectivity index (χ2n) is 10.1. The van der Waals surface area contributed by atoms with E-state index in [-0.39, 0.29) is 12.4 Å². The normalized spacial score (nSPS) is 13.2. The molecule has 1 atom stereocenters. The summed E-state index contributed by atoms with van der Waals surface area (Å²) >= 11 is 0. The van der Waals surface area contributed by atoms with Crippen LogP contribution in [-0.4, -0.2) is 61.8 Å². The molecule has 0 N–H and O–H groups in total. The van der Waals surface area contributed by atoms with Gasteiger partial charge in [0.2, 0.25) is 0 Å². The van der Waals surface area contributed by atoms with Crippen molar-refractivity contribution in [1.29, 1.82) is 0 Å². The average Bonchev–Trinajstić information content (AvgIpc) is 2.76. The summed E-state index contributed by atoms with van der Waals surface area (Å²) in [7, 11) is 7.39. The molecule has 0 heterocycles. The summed E-state index contributed by atoms with van der Waals surface area (Å²) in [5.41, 5.74) is 0.398. The van der Waals surface area contributed by atoms with E-state index in [4.69, 9.17) is 13.3 Å². The molecule has 0 saturated heterocycles. The standard InChI is InChI=1S/C26H58NO3Si.ClH/c1-8-10-11-12-13-14-15-16-17-18-19-20-21-22-26(31(28-5,29-6)30-7)23-25-27(3,4)24-9-2;/h26H,8-25H2,1-7H3;1H/q+1;/p-1. The fourth-order valence-electron chi connectivity index (χ4n) is 4.88. The van der Waals surface area contributed by atoms with Crippen LogP contribution in [0.5, 0.6) is 0 Å². The quantitative estimate of drug-likeness (QED) is 0.118. The Kier molecular flexibility index (Phi) is 23.6. The summed E-state index contributed by atoms with van der Waals surface area (Å²) in [4.78, 5) is 0. The van der Waals surface area contributed by atoms with Crippen LogP contribution >= 0.6 is 0 Å². The van der Waals surface area contributed by atoms with Gasteiger partial charge in [0.1, 0.15) is 0 Å². The zero-order valence-corrected chi connectivity index (χ0v) is 24.6. The molecule has 1 unspecified atom stereocenters. The van der Waals surface area contributed by atoms with Crippen molar-refractivity contribution in [2.45, 2.75) is 122 Å². The number of hydrogen-bond acceptors (Lipinski definition) is 3. The van der Waals surface area contributed by atoms with Crippen molar-refractivity contribution in [2.75, 3.05) is 48.5 Å². The highest BCUT2D eigenvalue weighted by atomic mass is 35.5. The molecule has 0 amide bonds. The van der Waals surface area contributed by atoms with Crippen LogP contribution in [-0.2, 0) is 13.3 Å². The van der Waals surface area contributed by atoms with Crippen LogP contribution in [0.15, 0.2) is 0 Å². The van der Waals surface area contributed by atoms with Crippen molar-refractivity contribution < 1.29 is 30.2 Å². The number of quaternary nitrogens is 1. The minimum Gasteiger partial charge on any atom is -1.00 e. The van der Waals surface area contributed by atoms with E-state index in [1.165, 1.54) is 96.4 Å². The summed E-state index contributed by atoms with van der Waals surface area (Å²) < 4.78 is 18.7. The Morgan fingerprint density at radius 3 is 1.34 bits per heavy atom. The Hall–Kier alpha value is 0.347. The number of rotatable bonds is 23. The van der Waals surface area contributed by atoms with Gasteiger partial charge in [0.15, 0.2) is 0 Å². The van der Waals surface area contributed by atoms with Gasteiger partial charge in [-0.1, -0.05) is 97.3 Å². The lowest BCUT2D eigenvalue weighted by Crippen LogP contribution is -3.00. The average molecular weight is 496 g/mol. The Labute approximate surface area is 209 Å². The summed E-state index contributed by atoms with van der Waals surface area (Å²) in [6.45, 7) is 6.93. The van der Waals surface area contributed by atoms with Crippen LogP contribution in [0.2, 0.25) is 5.54 Å². The molecule has 0 fully saturated rings. The van der Waals surface area contributed by atoms with Gasteiger partial charge in [-0.2, -0.15) is 0 Å². The van der Waals surface area contributed by atoms with Crippen LogP contribution < -0.4 is 12.4 Å². The smallest absolute Gasteiger partial charge is 0.503 e. The lowest BCUT2D eigenvalue weighted by molar-refractivity contribution is -0.890. The predicted molar refractivity (Wildman–Crippen MR) is 138 cm³/mol. The number of hydrogen-bond donors (Lipinski definition) is 0. The lowest BCUT2D eigenvalue weighted by Gasteiger charge is -2.36. The first kappa shape index (κ1) is 34.5. The highest BCUT2D eigenvalue weighted by Crippen LogP contribution is 2.33. The molecule has 0 spiro atoms. The zero-order valence-electron chi connectivity index (χ0n) is 22.9. The monoisotopic (exact) mass is 495 g/mol. The first-order valence-corrected chi connectivity index (χ1v) is 15.2. The molecule has 0 aliphatic carbocycles. The van der Waals surface area contributed by atoms with Gasteiger partial charge in [-0.25, -0.2) is 0 Å². The summed E-state index contributed by atoms with van der Waals surface area (Å²) in [6.07, 6.45) is 21.6. The molecule has 0 rings (SSSR count). The highest BCUT2D eigenvalue weighted by molar-refractivity contribution is 6.62. The van der Waals surface area contributed by atoms with Gasteiger partial charge in [-0.15, -0.1) is 0 Å². The van der Waals surface area contributed by atoms with E-state index in [9.17, 15) is 0 Å². The van der Waals surface area contributed by atoms with E-state index in [0.717, 1.165) is 23.9 Å². The number of halogens is 1. The minimum atomic E-state index is -2.58. The maximum absolute atomic E-state index is 5.88. The highest BCUT2D eigenvalue weighted by Gasteiger charge is 2.47. The zero-order chi connectivity index (χ0) is 23.4. The number of unbranched alkanes of at least 4 members (excludes halogenated alkanes) is 12. The number of nitrogens with zero attached hydrogens (tertiary/aromatic N) is 1. The SMILES string of the molecule is CCCCCCCCCCCCCCCC(CC[N+](C)(C)CCC)[Si](OC)(OC)OC.[Cl-]. The van der Waals surface area contributed by atoms with Crippen molar-refractivity contribution in [3.05, 3.63) is 0 Å². The van der Waals surface area contributed by atoms with Gasteiger partial charge in [-0.05, 0) is 12.8 Å². The molecular formula is C26H58ClNO3Si. The largest absolute Gasteiger partial charge is 1.00 e. The van der Waals surface area contributed by atoms with Gasteiger partial charge in [0.25, 0.3) is 0 Å². The van der Waals surface area contributed by atoms with Crippen LogP contribution in [0, 0.1) is 0 Å². The van der Waals surface area contributed by atoms with Crippen LogP contribution in [0.1, 0.15) is 117 Å². The Morgan fingerprint density at radius 1 is 0.562 bits per heavy atom. The second kappa shape index (κ2) is 21.9. The summed E-state index contributed by atoms with van der Waals surface area (Å²) in [5, 5.41) is 0. The third-order valence-electron chi connectivity index (χ3n) is 6.92. The Morgan fingerprint density at radius 2 is 0.969 bits per heavy atom. The molecule has 0 aliphatic rings. The van der Waals surface area contributed by atoms with Crippen molar-refractivity contribution in [2.24, 2.45) is 0 Å². The van der Waals surface area contributed by atoms with Crippen molar-refractivity contribution in [1.82, 2.24) is 0 Å². The fourth-order valence-corrected chi connectivity index (χ4v) is 7.42. The van der Waals surface area contributed by atoms with Crippen molar-refractivity contribution in [3.8, 4) is 0 Å². The fraction of sp³-hybridized carbons (Fsp3) is 1.00. The summed E-state index contributed by atoms with van der Waals surface area (Å²) in [6, 6.07) is 0. The van der Waals surface area contributed by atoms with E-state index < -0.39 is 8.80 Å². The molecule has 0 aliphatic heterocycles. The van der Waals surface area contributed by atoms with Gasteiger partial charge in [0.05, 0.1) is 27.2 Å². The van der Waals surface area contributed by atoms with Gasteiger partial charge in [0, 0.05) is 33.3 Å². The van der Waals surface area contributed by atoms with Gasteiger partial charge < -0.3 is 30.2 Å². The first-order valence-electron chi connectivity index (χ1n) is 13.4. The van der Waals surface area contributed by atoms with E-state index in [1.54, 1.807) is 21.3 Å². The molecule has 6 heteroatoms. The molecule has 4 nitrogen and oxygen atoms in total. The molecule has 196 valence electrons. The van der Waals surface area contributed by atoms with E-state index in [2.05, 4.69) is 27.9 Å². The third-order valence-corrected chi connectivity index (χ3v) is 10.2. The third kappa shape index (κ3) is 16.1. The van der Waals surface area contributed by atoms with Crippen molar-refractivity contribution >= 4 is 8.80 Å². The van der Waals surface area contributed by atoms with Crippen LogP contribution in [0.3, 0.4) is 0 Å². The topological polar surface area (TPSA) is 27.7 Å². The van der Waals surface area contributed by atoms with Gasteiger partial charge >= 0.3 is 8.80 Å². The molecule has 32 heavy (non-hydrogen) atoms. The van der Waals surface area contributed by atoms with E-state index in [1.807, 2.05) is 0 Å². The Balaban J connectivity index is 0. The predicted octanol–water partition coefficient (Wildman–Crippen LogP) is 4.60. The van der Waals surface area contributed by atoms with E-state index in [0.29, 0.717) is 5.54 Å². The molecule has 0 radical (unpaired) electrons. The minimum absolute atomic E-state index is 0. The van der Waals surface area contributed by atoms with Crippen LogP contribution in [0.4, 0.5) is 0 Å². The van der Waals surface area contributed by atoms with Gasteiger partial charge in [-0.3, -0.25) is 0 Å². The molecule has 0 aromatic carbocycles. The Bertz CT molecular complexity index is 387. The maximum Gasteiger partial charge on any atom is 0.503 e. The summed E-state index contributed by atoms with van der Waals surface area (Å²) in [5.74, 6) is 0. The first-order chi connectivity index (χ1) is 14.9. The molecule has 0 bridgehead atoms. The van der Waals surface area contributed by atoms with Crippen LogP contribution in [0.25, 0.3) is 0 Å². The maximum atomic E-state index is 5.88. The molecule has 0 saturated carbocycles. The molecule has 0 aromatic heterocycles. The van der Waals surface area contributed by atoms with Crippen molar-refractivity contribution in [3.63, 3.8) is 0 Å². The molecule has 0 aromatic rings. The van der Waals surface area contributed by atoms with E-state index >= 15 is 0 Å². The lowest BCUT2D eigenvalue weighted by atomic mass is 10.0.